The number of nitrogens with zero attached hydrogens (tertiary/aromatic N) is 2. The van der Waals surface area contributed by atoms with E-state index in [0.29, 0.717) is 6.04 Å². The SMILES string of the molecule is Brc1cscc1CN1CCn2cccc2C1c1ccccc1. The van der Waals surface area contributed by atoms with Crippen LogP contribution in [-0.4, -0.2) is 16.0 Å². The van der Waals surface area contributed by atoms with Gasteiger partial charge in [-0.2, -0.15) is 11.3 Å². The summed E-state index contributed by atoms with van der Waals surface area (Å²) >= 11 is 5.43. The number of halogens is 1. The number of hydrogen-bond donors (Lipinski definition) is 0. The van der Waals surface area contributed by atoms with Crippen LogP contribution in [0.3, 0.4) is 0 Å². The lowest BCUT2D eigenvalue weighted by molar-refractivity contribution is 0.174. The Kier molecular flexibility index (Phi) is 3.90. The molecule has 3 heterocycles. The first-order valence-corrected chi connectivity index (χ1v) is 9.21. The van der Waals surface area contributed by atoms with Crippen LogP contribution >= 0.6 is 27.3 Å². The van der Waals surface area contributed by atoms with Crippen LogP contribution in [0.15, 0.2) is 63.9 Å². The maximum absolute atomic E-state index is 3.67. The van der Waals surface area contributed by atoms with Crippen LogP contribution in [0.5, 0.6) is 0 Å². The summed E-state index contributed by atoms with van der Waals surface area (Å²) in [4.78, 5) is 2.58. The molecule has 0 saturated heterocycles. The zero-order chi connectivity index (χ0) is 14.9. The first-order chi connectivity index (χ1) is 10.8. The lowest BCUT2D eigenvalue weighted by Gasteiger charge is -2.37. The molecule has 0 spiro atoms. The van der Waals surface area contributed by atoms with Crippen LogP contribution in [0, 0.1) is 0 Å². The van der Waals surface area contributed by atoms with Crippen molar-refractivity contribution < 1.29 is 0 Å². The summed E-state index contributed by atoms with van der Waals surface area (Å²) in [6.45, 7) is 3.12. The molecule has 0 radical (unpaired) electrons. The topological polar surface area (TPSA) is 8.17 Å². The van der Waals surface area contributed by atoms with Gasteiger partial charge in [0, 0.05) is 41.4 Å². The fourth-order valence-electron chi connectivity index (χ4n) is 3.26. The lowest BCUT2D eigenvalue weighted by Crippen LogP contribution is -2.37. The molecule has 1 aromatic carbocycles. The Labute approximate surface area is 143 Å². The molecule has 0 fully saturated rings. The smallest absolute Gasteiger partial charge is 0.0759 e. The highest BCUT2D eigenvalue weighted by molar-refractivity contribution is 9.10. The minimum absolute atomic E-state index is 0.330. The van der Waals surface area contributed by atoms with Crippen molar-refractivity contribution >= 4 is 27.3 Å². The highest BCUT2D eigenvalue weighted by Crippen LogP contribution is 2.34. The molecule has 22 heavy (non-hydrogen) atoms. The first kappa shape index (κ1) is 14.2. The van der Waals surface area contributed by atoms with Crippen LogP contribution in [0.1, 0.15) is 22.9 Å². The average molecular weight is 373 g/mol. The van der Waals surface area contributed by atoms with Gasteiger partial charge in [0.1, 0.15) is 0 Å². The van der Waals surface area contributed by atoms with E-state index < -0.39 is 0 Å². The molecule has 0 N–H and O–H groups in total. The molecule has 0 saturated carbocycles. The van der Waals surface area contributed by atoms with Gasteiger partial charge >= 0.3 is 0 Å². The summed E-state index contributed by atoms with van der Waals surface area (Å²) in [5.74, 6) is 0. The maximum Gasteiger partial charge on any atom is 0.0759 e. The summed E-state index contributed by atoms with van der Waals surface area (Å²) in [6, 6.07) is 15.6. The predicted octanol–water partition coefficient (Wildman–Crippen LogP) is 4.92. The molecule has 3 aromatic rings. The summed E-state index contributed by atoms with van der Waals surface area (Å²) < 4.78 is 3.61. The van der Waals surface area contributed by atoms with E-state index in [1.165, 1.54) is 21.3 Å². The van der Waals surface area contributed by atoms with Crippen molar-refractivity contribution in [3.8, 4) is 0 Å². The van der Waals surface area contributed by atoms with Crippen molar-refractivity contribution in [1.29, 1.82) is 0 Å². The number of thiophene rings is 1. The van der Waals surface area contributed by atoms with Crippen LogP contribution in [0.4, 0.5) is 0 Å². The van der Waals surface area contributed by atoms with Crippen molar-refractivity contribution in [3.05, 3.63) is 80.7 Å². The van der Waals surface area contributed by atoms with E-state index in [1.54, 1.807) is 11.3 Å². The molecule has 1 aliphatic rings. The number of rotatable bonds is 3. The third kappa shape index (κ3) is 2.56. The number of hydrogen-bond acceptors (Lipinski definition) is 2. The molecule has 1 aliphatic heterocycles. The summed E-state index contributed by atoms with van der Waals surface area (Å²) in [5, 5.41) is 4.42. The van der Waals surface area contributed by atoms with Gasteiger partial charge in [0.2, 0.25) is 0 Å². The lowest BCUT2D eigenvalue weighted by atomic mass is 9.99. The van der Waals surface area contributed by atoms with Crippen molar-refractivity contribution in [2.24, 2.45) is 0 Å². The van der Waals surface area contributed by atoms with E-state index in [0.717, 1.165) is 19.6 Å². The zero-order valence-corrected chi connectivity index (χ0v) is 14.6. The molecule has 0 aliphatic carbocycles. The molecule has 0 bridgehead atoms. The van der Waals surface area contributed by atoms with Crippen LogP contribution in [0.25, 0.3) is 0 Å². The zero-order valence-electron chi connectivity index (χ0n) is 12.2. The van der Waals surface area contributed by atoms with Crippen LogP contribution in [-0.2, 0) is 13.1 Å². The minimum Gasteiger partial charge on any atom is -0.348 e. The highest BCUT2D eigenvalue weighted by Gasteiger charge is 2.28. The molecule has 4 rings (SSSR count). The average Bonchev–Trinajstić information content (AvgIpc) is 3.17. The molecule has 4 heteroatoms. The second-order valence-corrected chi connectivity index (χ2v) is 7.25. The highest BCUT2D eigenvalue weighted by atomic mass is 79.9. The normalized spacial score (nSPS) is 18.3. The third-order valence-corrected chi connectivity index (χ3v) is 6.15. The maximum atomic E-state index is 3.67. The summed E-state index contributed by atoms with van der Waals surface area (Å²) in [6.07, 6.45) is 2.20. The van der Waals surface area contributed by atoms with Crippen molar-refractivity contribution in [2.75, 3.05) is 6.54 Å². The molecule has 2 nitrogen and oxygen atoms in total. The number of benzene rings is 1. The Morgan fingerprint density at radius 3 is 2.68 bits per heavy atom. The van der Waals surface area contributed by atoms with Gasteiger partial charge in [0.25, 0.3) is 0 Å². The fourth-order valence-corrected chi connectivity index (χ4v) is 4.68. The number of fused-ring (bicyclic) bond motifs is 1. The van der Waals surface area contributed by atoms with Gasteiger partial charge < -0.3 is 4.57 Å². The van der Waals surface area contributed by atoms with Gasteiger partial charge in [-0.05, 0) is 44.6 Å². The first-order valence-electron chi connectivity index (χ1n) is 7.47. The van der Waals surface area contributed by atoms with E-state index in [9.17, 15) is 0 Å². The van der Waals surface area contributed by atoms with Gasteiger partial charge in [-0.25, -0.2) is 0 Å². The second kappa shape index (κ2) is 6.03. The standard InChI is InChI=1S/C18H17BrN2S/c19-16-13-22-12-15(16)11-21-10-9-20-8-4-7-17(20)18(21)14-5-2-1-3-6-14/h1-8,12-13,18H,9-11H2. The molecule has 1 unspecified atom stereocenters. The summed E-state index contributed by atoms with van der Waals surface area (Å²) in [5.41, 5.74) is 4.14. The Bertz CT molecular complexity index is 762. The molecular weight excluding hydrogens is 356 g/mol. The Balaban J connectivity index is 1.73. The van der Waals surface area contributed by atoms with Crippen LogP contribution < -0.4 is 0 Å². The molecular formula is C18H17BrN2S. The van der Waals surface area contributed by atoms with Gasteiger partial charge in [-0.1, -0.05) is 30.3 Å². The summed E-state index contributed by atoms with van der Waals surface area (Å²) in [7, 11) is 0. The fraction of sp³-hybridized carbons (Fsp3) is 0.222. The van der Waals surface area contributed by atoms with Gasteiger partial charge in [-0.3, -0.25) is 4.90 Å². The molecule has 112 valence electrons. The third-order valence-electron chi connectivity index (χ3n) is 4.32. The monoisotopic (exact) mass is 372 g/mol. The van der Waals surface area contributed by atoms with Crippen LogP contribution in [0.2, 0.25) is 0 Å². The van der Waals surface area contributed by atoms with E-state index in [4.69, 9.17) is 0 Å². The molecule has 0 amide bonds. The van der Waals surface area contributed by atoms with Crippen molar-refractivity contribution in [2.45, 2.75) is 19.1 Å². The Morgan fingerprint density at radius 1 is 1.05 bits per heavy atom. The predicted molar refractivity (Wildman–Crippen MR) is 95.1 cm³/mol. The van der Waals surface area contributed by atoms with E-state index in [1.807, 2.05) is 0 Å². The molecule has 2 aromatic heterocycles. The largest absolute Gasteiger partial charge is 0.348 e. The van der Waals surface area contributed by atoms with Crippen molar-refractivity contribution in [1.82, 2.24) is 9.47 Å². The second-order valence-electron chi connectivity index (χ2n) is 5.66. The number of aromatic nitrogens is 1. The van der Waals surface area contributed by atoms with E-state index in [-0.39, 0.29) is 0 Å². The quantitative estimate of drug-likeness (QED) is 0.633. The van der Waals surface area contributed by atoms with Gasteiger partial charge in [-0.15, -0.1) is 0 Å². The Morgan fingerprint density at radius 2 is 1.91 bits per heavy atom. The minimum atomic E-state index is 0.330. The van der Waals surface area contributed by atoms with Gasteiger partial charge in [0.05, 0.1) is 6.04 Å². The van der Waals surface area contributed by atoms with Crippen molar-refractivity contribution in [3.63, 3.8) is 0 Å². The Hall–Kier alpha value is -1.36. The van der Waals surface area contributed by atoms with Gasteiger partial charge in [0.15, 0.2) is 0 Å². The molecule has 1 atom stereocenters. The van der Waals surface area contributed by atoms with E-state index in [2.05, 4.69) is 84.8 Å². The van der Waals surface area contributed by atoms with E-state index >= 15 is 0 Å².